The van der Waals surface area contributed by atoms with Crippen molar-refractivity contribution in [2.24, 2.45) is 0 Å². The Morgan fingerprint density at radius 1 is 0.806 bits per heavy atom. The molecule has 1 amide bonds. The molecule has 0 atom stereocenters. The van der Waals surface area contributed by atoms with Gasteiger partial charge in [-0.1, -0.05) is 42.5 Å². The van der Waals surface area contributed by atoms with E-state index < -0.39 is 0 Å². The standard InChI is InChI=1S/C25H34N4O2/c1-31-24-10-6-5-9-23(24)28-17-19-29(20-18-28)25(30)11-12-26-13-15-27(16-14-26)21-22-7-3-2-4-8-22/h2-10H,11-21H2,1H3. The largest absolute Gasteiger partial charge is 0.495 e. The van der Waals surface area contributed by atoms with Gasteiger partial charge in [0.25, 0.3) is 0 Å². The van der Waals surface area contributed by atoms with Crippen molar-refractivity contribution in [3.63, 3.8) is 0 Å². The minimum absolute atomic E-state index is 0.284. The molecule has 2 heterocycles. The molecule has 31 heavy (non-hydrogen) atoms. The second-order valence-electron chi connectivity index (χ2n) is 8.39. The average Bonchev–Trinajstić information content (AvgIpc) is 2.84. The number of piperazine rings is 2. The van der Waals surface area contributed by atoms with E-state index in [1.807, 2.05) is 23.1 Å². The van der Waals surface area contributed by atoms with Crippen LogP contribution in [0.1, 0.15) is 12.0 Å². The highest BCUT2D eigenvalue weighted by molar-refractivity contribution is 5.76. The summed E-state index contributed by atoms with van der Waals surface area (Å²) >= 11 is 0. The predicted octanol–water partition coefficient (Wildman–Crippen LogP) is 2.55. The van der Waals surface area contributed by atoms with E-state index in [-0.39, 0.29) is 5.91 Å². The summed E-state index contributed by atoms with van der Waals surface area (Å²) in [6.07, 6.45) is 0.618. The van der Waals surface area contributed by atoms with E-state index in [4.69, 9.17) is 4.74 Å². The van der Waals surface area contributed by atoms with Gasteiger partial charge in [0.1, 0.15) is 5.75 Å². The molecule has 2 aromatic rings. The topological polar surface area (TPSA) is 39.3 Å². The maximum Gasteiger partial charge on any atom is 0.223 e. The molecule has 0 aliphatic carbocycles. The average molecular weight is 423 g/mol. The molecule has 0 unspecified atom stereocenters. The van der Waals surface area contributed by atoms with Crippen LogP contribution in [0, 0.1) is 0 Å². The fourth-order valence-electron chi connectivity index (χ4n) is 4.51. The molecule has 4 rings (SSSR count). The molecule has 0 saturated carbocycles. The molecule has 2 aliphatic heterocycles. The number of methoxy groups -OCH3 is 1. The lowest BCUT2D eigenvalue weighted by atomic mass is 10.2. The Morgan fingerprint density at radius 3 is 2.16 bits per heavy atom. The number of rotatable bonds is 7. The summed E-state index contributed by atoms with van der Waals surface area (Å²) in [5.74, 6) is 1.18. The molecule has 6 nitrogen and oxygen atoms in total. The molecule has 166 valence electrons. The molecule has 0 N–H and O–H groups in total. The molecule has 0 aromatic heterocycles. The molecule has 2 saturated heterocycles. The van der Waals surface area contributed by atoms with Crippen molar-refractivity contribution in [1.29, 1.82) is 0 Å². The van der Waals surface area contributed by atoms with Gasteiger partial charge in [-0.15, -0.1) is 0 Å². The van der Waals surface area contributed by atoms with Gasteiger partial charge in [0.15, 0.2) is 0 Å². The van der Waals surface area contributed by atoms with E-state index in [1.54, 1.807) is 7.11 Å². The molecular weight excluding hydrogens is 388 g/mol. The zero-order valence-electron chi connectivity index (χ0n) is 18.6. The van der Waals surface area contributed by atoms with Gasteiger partial charge in [0.2, 0.25) is 5.91 Å². The molecule has 0 bridgehead atoms. The molecule has 0 radical (unpaired) electrons. The van der Waals surface area contributed by atoms with Gasteiger partial charge in [0.05, 0.1) is 12.8 Å². The van der Waals surface area contributed by atoms with Crippen LogP contribution in [-0.4, -0.2) is 86.6 Å². The Hall–Kier alpha value is -2.57. The van der Waals surface area contributed by atoms with Gasteiger partial charge in [-0.25, -0.2) is 0 Å². The first kappa shape index (κ1) is 21.7. The molecular formula is C25H34N4O2. The third-order valence-electron chi connectivity index (χ3n) is 6.41. The van der Waals surface area contributed by atoms with Crippen LogP contribution in [0.15, 0.2) is 54.6 Å². The van der Waals surface area contributed by atoms with Crippen LogP contribution in [0.4, 0.5) is 5.69 Å². The molecule has 2 aliphatic rings. The van der Waals surface area contributed by atoms with Gasteiger partial charge in [-0.05, 0) is 17.7 Å². The summed E-state index contributed by atoms with van der Waals surface area (Å²) in [5, 5.41) is 0. The predicted molar refractivity (Wildman–Crippen MR) is 125 cm³/mol. The second kappa shape index (κ2) is 10.6. The number of benzene rings is 2. The van der Waals surface area contributed by atoms with E-state index in [1.165, 1.54) is 5.56 Å². The van der Waals surface area contributed by atoms with E-state index >= 15 is 0 Å². The molecule has 0 spiro atoms. The minimum Gasteiger partial charge on any atom is -0.495 e. The monoisotopic (exact) mass is 422 g/mol. The van der Waals surface area contributed by atoms with Crippen LogP contribution >= 0.6 is 0 Å². The number of anilines is 1. The van der Waals surface area contributed by atoms with Crippen LogP contribution < -0.4 is 9.64 Å². The summed E-state index contributed by atoms with van der Waals surface area (Å²) in [6.45, 7) is 9.37. The molecule has 2 aromatic carbocycles. The van der Waals surface area contributed by atoms with Crippen molar-refractivity contribution in [2.75, 3.05) is 70.9 Å². The van der Waals surface area contributed by atoms with Crippen LogP contribution in [-0.2, 0) is 11.3 Å². The summed E-state index contributed by atoms with van der Waals surface area (Å²) in [7, 11) is 1.71. The van der Waals surface area contributed by atoms with Crippen LogP contribution in [0.5, 0.6) is 5.75 Å². The van der Waals surface area contributed by atoms with Crippen molar-refractivity contribution in [3.05, 3.63) is 60.2 Å². The number of amides is 1. The van der Waals surface area contributed by atoms with Gasteiger partial charge in [-0.2, -0.15) is 0 Å². The number of carbonyl (C=O) groups excluding carboxylic acids is 1. The van der Waals surface area contributed by atoms with E-state index in [0.717, 1.165) is 76.9 Å². The van der Waals surface area contributed by atoms with Gasteiger partial charge in [0, 0.05) is 71.9 Å². The first-order chi connectivity index (χ1) is 15.2. The van der Waals surface area contributed by atoms with Crippen molar-refractivity contribution in [3.8, 4) is 5.75 Å². The highest BCUT2D eigenvalue weighted by Gasteiger charge is 2.24. The number of para-hydroxylation sites is 2. The minimum atomic E-state index is 0.284. The Balaban J connectivity index is 1.17. The first-order valence-corrected chi connectivity index (χ1v) is 11.4. The van der Waals surface area contributed by atoms with Crippen LogP contribution in [0.2, 0.25) is 0 Å². The fourth-order valence-corrected chi connectivity index (χ4v) is 4.51. The Labute approximate surface area is 186 Å². The fraction of sp³-hybridized carbons (Fsp3) is 0.480. The van der Waals surface area contributed by atoms with E-state index in [0.29, 0.717) is 6.42 Å². The maximum absolute atomic E-state index is 12.8. The summed E-state index contributed by atoms with van der Waals surface area (Å²) < 4.78 is 5.49. The smallest absolute Gasteiger partial charge is 0.223 e. The number of carbonyl (C=O) groups is 1. The van der Waals surface area contributed by atoms with Crippen molar-refractivity contribution < 1.29 is 9.53 Å². The SMILES string of the molecule is COc1ccccc1N1CCN(C(=O)CCN2CCN(Cc3ccccc3)CC2)CC1. The van der Waals surface area contributed by atoms with Crippen molar-refractivity contribution >= 4 is 11.6 Å². The number of hydrogen-bond acceptors (Lipinski definition) is 5. The third kappa shape index (κ3) is 5.77. The lowest BCUT2D eigenvalue weighted by Crippen LogP contribution is -2.50. The lowest BCUT2D eigenvalue weighted by molar-refractivity contribution is -0.131. The van der Waals surface area contributed by atoms with Crippen LogP contribution in [0.25, 0.3) is 0 Å². The zero-order chi connectivity index (χ0) is 21.5. The van der Waals surface area contributed by atoms with Gasteiger partial charge in [-0.3, -0.25) is 9.69 Å². The Bertz CT molecular complexity index is 828. The van der Waals surface area contributed by atoms with E-state index in [2.05, 4.69) is 51.1 Å². The summed E-state index contributed by atoms with van der Waals surface area (Å²) in [4.78, 5) is 22.0. The van der Waals surface area contributed by atoms with Crippen LogP contribution in [0.3, 0.4) is 0 Å². The third-order valence-corrected chi connectivity index (χ3v) is 6.41. The van der Waals surface area contributed by atoms with Crippen molar-refractivity contribution in [2.45, 2.75) is 13.0 Å². The first-order valence-electron chi connectivity index (χ1n) is 11.4. The quantitative estimate of drug-likeness (QED) is 0.686. The summed E-state index contributed by atoms with van der Waals surface area (Å²) in [6, 6.07) is 18.8. The number of hydrogen-bond donors (Lipinski definition) is 0. The summed E-state index contributed by atoms with van der Waals surface area (Å²) in [5.41, 5.74) is 2.49. The molecule has 6 heteroatoms. The number of ether oxygens (including phenoxy) is 1. The Kier molecular flexibility index (Phi) is 7.43. The zero-order valence-corrected chi connectivity index (χ0v) is 18.6. The number of nitrogens with zero attached hydrogens (tertiary/aromatic N) is 4. The highest BCUT2D eigenvalue weighted by Crippen LogP contribution is 2.28. The van der Waals surface area contributed by atoms with Gasteiger partial charge >= 0.3 is 0 Å². The lowest BCUT2D eigenvalue weighted by Gasteiger charge is -2.37. The highest BCUT2D eigenvalue weighted by atomic mass is 16.5. The maximum atomic E-state index is 12.8. The van der Waals surface area contributed by atoms with Gasteiger partial charge < -0.3 is 19.4 Å². The van der Waals surface area contributed by atoms with Crippen molar-refractivity contribution in [1.82, 2.24) is 14.7 Å². The molecule has 2 fully saturated rings. The second-order valence-corrected chi connectivity index (χ2v) is 8.39. The normalized spacial score (nSPS) is 18.2. The van der Waals surface area contributed by atoms with E-state index in [9.17, 15) is 4.79 Å². The Morgan fingerprint density at radius 2 is 1.45 bits per heavy atom.